The van der Waals surface area contributed by atoms with Gasteiger partial charge in [-0.05, 0) is 55.5 Å². The molecule has 90 valence electrons. The zero-order valence-corrected chi connectivity index (χ0v) is 9.74. The number of alkyl halides is 3. The molecule has 1 aromatic rings. The number of aliphatic hydroxyl groups excluding tert-OH is 1. The normalized spacial score (nSPS) is 14.0. The molecule has 1 aromatic carbocycles. The Morgan fingerprint density at radius 1 is 1.00 bits per heavy atom. The van der Waals surface area contributed by atoms with Crippen LogP contribution in [0.15, 0.2) is 6.07 Å². The Balaban J connectivity index is 3.44. The number of hydrogen-bond donors (Lipinski definition) is 1. The van der Waals surface area contributed by atoms with Gasteiger partial charge in [-0.1, -0.05) is 6.07 Å². The van der Waals surface area contributed by atoms with Crippen molar-refractivity contribution < 1.29 is 18.3 Å². The van der Waals surface area contributed by atoms with Crippen molar-refractivity contribution in [1.29, 1.82) is 0 Å². The van der Waals surface area contributed by atoms with E-state index in [1.165, 1.54) is 0 Å². The zero-order chi connectivity index (χ0) is 12.7. The molecule has 0 saturated heterocycles. The molecule has 0 saturated carbocycles. The second kappa shape index (κ2) is 4.09. The van der Waals surface area contributed by atoms with Crippen molar-refractivity contribution in [3.8, 4) is 0 Å². The van der Waals surface area contributed by atoms with Crippen molar-refractivity contribution >= 4 is 0 Å². The topological polar surface area (TPSA) is 20.2 Å². The van der Waals surface area contributed by atoms with E-state index in [9.17, 15) is 18.3 Å². The first kappa shape index (κ1) is 13.0. The minimum atomic E-state index is -4.62. The molecule has 0 aliphatic rings. The SMILES string of the molecule is Cc1cc(C)c(C)c(C(O)C(F)(F)F)c1C. The number of rotatable bonds is 1. The molecule has 0 bridgehead atoms. The molecule has 0 spiro atoms. The molecule has 0 aromatic heterocycles. The molecule has 4 heteroatoms. The minimum absolute atomic E-state index is 0.00926. The molecule has 0 aliphatic carbocycles. The Morgan fingerprint density at radius 3 is 1.69 bits per heavy atom. The van der Waals surface area contributed by atoms with Crippen LogP contribution in [-0.2, 0) is 0 Å². The summed E-state index contributed by atoms with van der Waals surface area (Å²) in [5.41, 5.74) is 2.54. The summed E-state index contributed by atoms with van der Waals surface area (Å²) in [5, 5.41) is 9.34. The van der Waals surface area contributed by atoms with Crippen molar-refractivity contribution in [2.45, 2.75) is 40.0 Å². The number of hydrogen-bond acceptors (Lipinski definition) is 1. The molecular formula is C12H15F3O. The molecule has 0 amide bonds. The summed E-state index contributed by atoms with van der Waals surface area (Å²) >= 11 is 0. The minimum Gasteiger partial charge on any atom is -0.379 e. The fourth-order valence-electron chi connectivity index (χ4n) is 1.82. The second-order valence-corrected chi connectivity index (χ2v) is 4.12. The van der Waals surface area contributed by atoms with Gasteiger partial charge in [-0.2, -0.15) is 13.2 Å². The van der Waals surface area contributed by atoms with Gasteiger partial charge in [0.2, 0.25) is 0 Å². The maximum atomic E-state index is 12.5. The van der Waals surface area contributed by atoms with Gasteiger partial charge in [-0.25, -0.2) is 0 Å². The number of halogens is 3. The lowest BCUT2D eigenvalue weighted by atomic mass is 9.91. The highest BCUT2D eigenvalue weighted by Crippen LogP contribution is 2.37. The summed E-state index contributed by atoms with van der Waals surface area (Å²) in [6, 6.07) is 1.83. The largest absolute Gasteiger partial charge is 0.418 e. The average Bonchev–Trinajstić information content (AvgIpc) is 2.13. The highest BCUT2D eigenvalue weighted by atomic mass is 19.4. The van der Waals surface area contributed by atoms with Gasteiger partial charge in [0, 0.05) is 0 Å². The summed E-state index contributed by atoms with van der Waals surface area (Å²) in [4.78, 5) is 0. The summed E-state index contributed by atoms with van der Waals surface area (Å²) in [6.45, 7) is 6.70. The molecule has 1 nitrogen and oxygen atoms in total. The summed E-state index contributed by atoms with van der Waals surface area (Å²) in [6.07, 6.45) is -7.01. The summed E-state index contributed by atoms with van der Waals surface area (Å²) in [7, 11) is 0. The molecular weight excluding hydrogens is 217 g/mol. The highest BCUT2D eigenvalue weighted by Gasteiger charge is 2.41. The standard InChI is InChI=1S/C12H15F3O/c1-6-5-7(2)9(4)10(8(6)3)11(16)12(13,14)15/h5,11,16H,1-4H3. The van der Waals surface area contributed by atoms with Crippen LogP contribution in [0.1, 0.15) is 33.9 Å². The van der Waals surface area contributed by atoms with E-state index in [0.717, 1.165) is 11.1 Å². The number of benzene rings is 1. The van der Waals surface area contributed by atoms with Crippen LogP contribution in [0.4, 0.5) is 13.2 Å². The van der Waals surface area contributed by atoms with E-state index >= 15 is 0 Å². The summed E-state index contributed by atoms with van der Waals surface area (Å²) < 4.78 is 37.5. The fourth-order valence-corrected chi connectivity index (χ4v) is 1.82. The second-order valence-electron chi connectivity index (χ2n) is 4.12. The van der Waals surface area contributed by atoms with Gasteiger partial charge in [-0.15, -0.1) is 0 Å². The third kappa shape index (κ3) is 2.21. The Bertz CT molecular complexity index is 381. The van der Waals surface area contributed by atoms with Gasteiger partial charge >= 0.3 is 6.18 Å². The zero-order valence-electron chi connectivity index (χ0n) is 9.74. The Kier molecular flexibility index (Phi) is 3.33. The highest BCUT2D eigenvalue weighted by molar-refractivity contribution is 5.45. The van der Waals surface area contributed by atoms with E-state index in [0.29, 0.717) is 11.1 Å². The molecule has 0 aliphatic heterocycles. The van der Waals surface area contributed by atoms with E-state index < -0.39 is 12.3 Å². The number of aliphatic hydroxyl groups is 1. The predicted octanol–water partition coefficient (Wildman–Crippen LogP) is 3.52. The summed E-state index contributed by atoms with van der Waals surface area (Å²) in [5.74, 6) is 0. The van der Waals surface area contributed by atoms with Crippen LogP contribution in [0.25, 0.3) is 0 Å². The van der Waals surface area contributed by atoms with Crippen LogP contribution < -0.4 is 0 Å². The average molecular weight is 232 g/mol. The van der Waals surface area contributed by atoms with E-state index in [1.54, 1.807) is 27.7 Å². The fraction of sp³-hybridized carbons (Fsp3) is 0.500. The lowest BCUT2D eigenvalue weighted by molar-refractivity contribution is -0.207. The van der Waals surface area contributed by atoms with Crippen molar-refractivity contribution in [2.75, 3.05) is 0 Å². The number of aryl methyl sites for hydroxylation is 2. The van der Waals surface area contributed by atoms with Crippen LogP contribution >= 0.6 is 0 Å². The monoisotopic (exact) mass is 232 g/mol. The van der Waals surface area contributed by atoms with Crippen LogP contribution in [0.5, 0.6) is 0 Å². The van der Waals surface area contributed by atoms with E-state index in [1.807, 2.05) is 6.07 Å². The van der Waals surface area contributed by atoms with Crippen molar-refractivity contribution in [2.24, 2.45) is 0 Å². The molecule has 0 radical (unpaired) electrons. The van der Waals surface area contributed by atoms with Gasteiger partial charge in [0.15, 0.2) is 6.10 Å². The van der Waals surface area contributed by atoms with Gasteiger partial charge in [-0.3, -0.25) is 0 Å². The Labute approximate surface area is 92.9 Å². The molecule has 0 fully saturated rings. The predicted molar refractivity (Wildman–Crippen MR) is 56.4 cm³/mol. The maximum absolute atomic E-state index is 12.5. The first-order valence-corrected chi connectivity index (χ1v) is 4.98. The lowest BCUT2D eigenvalue weighted by Crippen LogP contribution is -2.22. The van der Waals surface area contributed by atoms with Gasteiger partial charge in [0.1, 0.15) is 0 Å². The van der Waals surface area contributed by atoms with Crippen LogP contribution in [0.3, 0.4) is 0 Å². The van der Waals surface area contributed by atoms with E-state index in [-0.39, 0.29) is 5.56 Å². The molecule has 1 rings (SSSR count). The van der Waals surface area contributed by atoms with Gasteiger partial charge < -0.3 is 5.11 Å². The smallest absolute Gasteiger partial charge is 0.379 e. The Hall–Kier alpha value is -1.03. The van der Waals surface area contributed by atoms with Gasteiger partial charge in [0.25, 0.3) is 0 Å². The lowest BCUT2D eigenvalue weighted by Gasteiger charge is -2.22. The van der Waals surface area contributed by atoms with Crippen molar-refractivity contribution in [1.82, 2.24) is 0 Å². The maximum Gasteiger partial charge on any atom is 0.418 e. The molecule has 1 N–H and O–H groups in total. The first-order chi connectivity index (χ1) is 7.16. The van der Waals surface area contributed by atoms with Crippen LogP contribution in [0, 0.1) is 27.7 Å². The van der Waals surface area contributed by atoms with E-state index in [2.05, 4.69) is 0 Å². The quantitative estimate of drug-likeness (QED) is 0.785. The Morgan fingerprint density at radius 2 is 1.38 bits per heavy atom. The van der Waals surface area contributed by atoms with Crippen LogP contribution in [0.2, 0.25) is 0 Å². The molecule has 16 heavy (non-hydrogen) atoms. The van der Waals surface area contributed by atoms with Crippen molar-refractivity contribution in [3.05, 3.63) is 33.9 Å². The molecule has 0 heterocycles. The third-order valence-corrected chi connectivity index (χ3v) is 3.01. The molecule has 1 unspecified atom stereocenters. The van der Waals surface area contributed by atoms with E-state index in [4.69, 9.17) is 0 Å². The molecule has 1 atom stereocenters. The third-order valence-electron chi connectivity index (χ3n) is 3.01. The van der Waals surface area contributed by atoms with Crippen molar-refractivity contribution in [3.63, 3.8) is 0 Å². The first-order valence-electron chi connectivity index (χ1n) is 4.98. The van der Waals surface area contributed by atoms with Gasteiger partial charge in [0.05, 0.1) is 0 Å². The van der Waals surface area contributed by atoms with Crippen LogP contribution in [-0.4, -0.2) is 11.3 Å².